The fraction of sp³-hybridized carbons (Fsp3) is 0.562. The fourth-order valence-corrected chi connectivity index (χ4v) is 1.99. The van der Waals surface area contributed by atoms with E-state index in [-0.39, 0.29) is 18.5 Å². The van der Waals surface area contributed by atoms with Gasteiger partial charge in [0.1, 0.15) is 0 Å². The van der Waals surface area contributed by atoms with E-state index in [1.165, 1.54) is 6.07 Å². The minimum Gasteiger partial charge on any atom is -0.493 e. The summed E-state index contributed by atoms with van der Waals surface area (Å²) in [5.41, 5.74) is 0.0717. The van der Waals surface area contributed by atoms with Gasteiger partial charge < -0.3 is 14.8 Å². The van der Waals surface area contributed by atoms with Crippen LogP contribution in [-0.2, 0) is 4.79 Å². The summed E-state index contributed by atoms with van der Waals surface area (Å²) in [4.78, 5) is 11.6. The summed E-state index contributed by atoms with van der Waals surface area (Å²) in [6.07, 6.45) is -18.0. The third kappa shape index (κ3) is 2.74. The van der Waals surface area contributed by atoms with E-state index >= 15 is 0 Å². The number of amides is 1. The Hall–Kier alpha value is -1.71. The van der Waals surface area contributed by atoms with E-state index in [0.717, 1.165) is 12.1 Å². The molecule has 2 fully saturated rings. The third-order valence-electron chi connectivity index (χ3n) is 2.96. The first kappa shape index (κ1) is 4.93. The van der Waals surface area contributed by atoms with Crippen molar-refractivity contribution in [2.45, 2.75) is 43.9 Å². The highest BCUT2D eigenvalue weighted by Gasteiger charge is 2.25. The van der Waals surface area contributed by atoms with Gasteiger partial charge in [0, 0.05) is 31.2 Å². The molecule has 1 amide bonds. The highest BCUT2D eigenvalue weighted by molar-refractivity contribution is 5.79. The van der Waals surface area contributed by atoms with E-state index in [1.807, 2.05) is 0 Å². The van der Waals surface area contributed by atoms with Crippen molar-refractivity contribution in [3.8, 4) is 11.5 Å². The molecule has 1 heterocycles. The molecule has 1 aliphatic carbocycles. The average Bonchev–Trinajstić information content (AvgIpc) is 3.02. The van der Waals surface area contributed by atoms with Crippen molar-refractivity contribution in [2.24, 2.45) is 0 Å². The van der Waals surface area contributed by atoms with Gasteiger partial charge in [0.2, 0.25) is 5.91 Å². The van der Waals surface area contributed by atoms with Gasteiger partial charge in [0.15, 0.2) is 11.5 Å². The minimum atomic E-state index is -3.57. The summed E-state index contributed by atoms with van der Waals surface area (Å²) < 4.78 is 113. The minimum absolute atomic E-state index is 0.0717. The van der Waals surface area contributed by atoms with Gasteiger partial charge >= 0.3 is 0 Å². The number of carbonyl (C=O) groups is 1. The zero-order valence-corrected chi connectivity index (χ0v) is 10.4. The molecule has 4 heteroatoms. The normalized spacial score (nSPS) is 48.4. The second-order valence-electron chi connectivity index (χ2n) is 4.25. The maximum Gasteiger partial charge on any atom is 0.220 e. The molecule has 1 saturated heterocycles. The Kier molecular flexibility index (Phi) is 1.41. The molecular weight excluding hydrogens is 254 g/mol. The summed E-state index contributed by atoms with van der Waals surface area (Å²) in [5, 5.41) is 2.46. The summed E-state index contributed by atoms with van der Waals surface area (Å²) in [5.74, 6) is -3.28. The van der Waals surface area contributed by atoms with E-state index < -0.39 is 61.9 Å². The van der Waals surface area contributed by atoms with E-state index in [2.05, 4.69) is 5.32 Å². The SMILES string of the molecule is [2H]C([2H])([2H])Oc1ccc(C2([2H])CNC(=O)C2)cc1OC1([2H])C([2H])([2H])C([2H])([2H])C([2H])([2H])C1([2H])[2H]. The molecule has 1 saturated carbocycles. The van der Waals surface area contributed by atoms with E-state index in [1.54, 1.807) is 0 Å². The first-order chi connectivity index (χ1) is 14.6. The Balaban J connectivity index is 2.18. The van der Waals surface area contributed by atoms with E-state index in [9.17, 15) is 4.79 Å². The Morgan fingerprint density at radius 1 is 1.40 bits per heavy atom. The van der Waals surface area contributed by atoms with E-state index in [0.29, 0.717) is 0 Å². The zero-order chi connectivity index (χ0) is 25.5. The lowest BCUT2D eigenvalue weighted by atomic mass is 9.98. The molecule has 0 bridgehead atoms. The molecule has 1 N–H and O–H groups in total. The Labute approximate surface area is 137 Å². The highest BCUT2D eigenvalue weighted by Crippen LogP contribution is 2.35. The van der Waals surface area contributed by atoms with Crippen LogP contribution in [0.2, 0.25) is 0 Å². The lowest BCUT2D eigenvalue weighted by Gasteiger charge is -2.18. The molecule has 1 aromatic rings. The second kappa shape index (κ2) is 5.73. The highest BCUT2D eigenvalue weighted by atomic mass is 16.5. The van der Waals surface area contributed by atoms with Gasteiger partial charge in [-0.05, 0) is 43.2 Å². The first-order valence-electron chi connectivity index (χ1n) is 12.4. The Morgan fingerprint density at radius 2 is 2.25 bits per heavy atom. The number of carbonyl (C=O) groups excluding carboxylic acids is 1. The van der Waals surface area contributed by atoms with Gasteiger partial charge in [-0.15, -0.1) is 0 Å². The number of hydrogen-bond acceptors (Lipinski definition) is 3. The van der Waals surface area contributed by atoms with Crippen LogP contribution in [0.15, 0.2) is 18.2 Å². The summed E-state index contributed by atoms with van der Waals surface area (Å²) >= 11 is 0. The maximum absolute atomic E-state index is 11.6. The van der Waals surface area contributed by atoms with Gasteiger partial charge in [-0.25, -0.2) is 0 Å². The summed E-state index contributed by atoms with van der Waals surface area (Å²) in [6, 6.07) is 3.28. The molecule has 1 atom stereocenters. The molecule has 1 unspecified atom stereocenters. The van der Waals surface area contributed by atoms with Crippen molar-refractivity contribution in [1.82, 2.24) is 5.32 Å². The molecule has 0 spiro atoms. The van der Waals surface area contributed by atoms with Crippen molar-refractivity contribution in [3.63, 3.8) is 0 Å². The summed E-state index contributed by atoms with van der Waals surface area (Å²) in [7, 11) is -3.05. The van der Waals surface area contributed by atoms with Crippen LogP contribution in [-0.4, -0.2) is 25.6 Å². The maximum atomic E-state index is 11.6. The Bertz CT molecular complexity index is 951. The molecule has 1 aliphatic heterocycles. The average molecular weight is 288 g/mol. The Morgan fingerprint density at radius 3 is 2.95 bits per heavy atom. The van der Waals surface area contributed by atoms with Crippen molar-refractivity contribution in [2.75, 3.05) is 13.6 Å². The van der Waals surface area contributed by atoms with Crippen molar-refractivity contribution in [3.05, 3.63) is 23.8 Å². The van der Waals surface area contributed by atoms with Gasteiger partial charge in [0.05, 0.1) is 18.6 Å². The van der Waals surface area contributed by atoms with Crippen molar-refractivity contribution < 1.29 is 32.1 Å². The van der Waals surface area contributed by atoms with Crippen LogP contribution < -0.4 is 14.8 Å². The molecule has 4 nitrogen and oxygen atoms in total. The zero-order valence-electron chi connectivity index (χ0n) is 23.4. The number of rotatable bonds is 4. The lowest BCUT2D eigenvalue weighted by Crippen LogP contribution is -2.14. The molecule has 1 aromatic carbocycles. The molecular formula is C16H21NO3. The van der Waals surface area contributed by atoms with Crippen LogP contribution >= 0.6 is 0 Å². The van der Waals surface area contributed by atoms with Crippen LogP contribution in [0.1, 0.15) is 61.2 Å². The van der Waals surface area contributed by atoms with Crippen LogP contribution in [0.25, 0.3) is 0 Å². The van der Waals surface area contributed by atoms with Gasteiger partial charge in [0.25, 0.3) is 0 Å². The first-order valence-corrected chi connectivity index (χ1v) is 5.92. The molecule has 3 rings (SSSR count). The van der Waals surface area contributed by atoms with Crippen LogP contribution in [0.4, 0.5) is 0 Å². The van der Waals surface area contributed by atoms with E-state index in [4.69, 9.17) is 27.3 Å². The lowest BCUT2D eigenvalue weighted by molar-refractivity contribution is -0.119. The van der Waals surface area contributed by atoms with Crippen molar-refractivity contribution in [1.29, 1.82) is 0 Å². The van der Waals surface area contributed by atoms with Crippen LogP contribution in [0.5, 0.6) is 11.5 Å². The number of ether oxygens (including phenoxy) is 2. The predicted octanol–water partition coefficient (Wildman–Crippen LogP) is 2.62. The van der Waals surface area contributed by atoms with Gasteiger partial charge in [-0.2, -0.15) is 0 Å². The third-order valence-corrected chi connectivity index (χ3v) is 2.96. The standard InChI is InChI=1S/C16H21NO3/c1-19-14-7-6-11(12-9-16(18)17-10-12)8-15(14)20-13-4-2-3-5-13/h6-8,12-13H,2-5,9-10H2,1H3,(H,17,18)/i1D3,2D2,3D2,4D2,5D2,12D,13D. The monoisotopic (exact) mass is 288 g/mol. The number of nitrogens with one attached hydrogen (secondary N) is 1. The molecule has 2 aliphatic rings. The van der Waals surface area contributed by atoms with Crippen molar-refractivity contribution >= 4 is 5.91 Å². The largest absolute Gasteiger partial charge is 0.493 e. The molecule has 20 heavy (non-hydrogen) atoms. The van der Waals surface area contributed by atoms with Gasteiger partial charge in [-0.1, -0.05) is 6.07 Å². The second-order valence-corrected chi connectivity index (χ2v) is 4.25. The van der Waals surface area contributed by atoms with Gasteiger partial charge in [-0.3, -0.25) is 4.79 Å². The summed E-state index contributed by atoms with van der Waals surface area (Å²) in [6.45, 7) is -0.122. The number of benzene rings is 1. The quantitative estimate of drug-likeness (QED) is 0.926. The fourth-order valence-electron chi connectivity index (χ4n) is 1.99. The number of hydrogen-bond donors (Lipinski definition) is 1. The number of methoxy groups -OCH3 is 1. The smallest absolute Gasteiger partial charge is 0.220 e. The van der Waals surface area contributed by atoms with Crippen LogP contribution in [0.3, 0.4) is 0 Å². The van der Waals surface area contributed by atoms with Crippen LogP contribution in [0, 0.1) is 0 Å². The molecule has 0 radical (unpaired) electrons. The predicted molar refractivity (Wildman–Crippen MR) is 76.2 cm³/mol. The molecule has 0 aromatic heterocycles. The topological polar surface area (TPSA) is 47.6 Å². The molecule has 108 valence electrons.